The van der Waals surface area contributed by atoms with Crippen molar-refractivity contribution < 1.29 is 4.39 Å². The Bertz CT molecular complexity index is 281. The average Bonchev–Trinajstić information content (AvgIpc) is 2.30. The van der Waals surface area contributed by atoms with E-state index >= 15 is 0 Å². The topological polar surface area (TPSA) is 12.0 Å². The van der Waals surface area contributed by atoms with E-state index in [4.69, 9.17) is 0 Å². The third-order valence-corrected chi connectivity index (χ3v) is 3.06. The summed E-state index contributed by atoms with van der Waals surface area (Å²) in [7, 11) is 2.00. The molecule has 1 N–H and O–H groups in total. The van der Waals surface area contributed by atoms with Crippen LogP contribution in [0.5, 0.6) is 0 Å². The second-order valence-corrected chi connectivity index (χ2v) is 4.35. The standard InChI is InChI=1S/C14H22FN/c1-3-12(11-16-2)5-4-6-13-7-9-14(15)10-8-13/h7-10,12,16H,3-6,11H2,1-2H3. The fraction of sp³-hybridized carbons (Fsp3) is 0.571. The van der Waals surface area contributed by atoms with E-state index in [9.17, 15) is 4.39 Å². The molecule has 0 radical (unpaired) electrons. The zero-order valence-corrected chi connectivity index (χ0v) is 10.3. The lowest BCUT2D eigenvalue weighted by Crippen LogP contribution is -2.18. The first kappa shape index (κ1) is 13.2. The summed E-state index contributed by atoms with van der Waals surface area (Å²) in [4.78, 5) is 0. The van der Waals surface area contributed by atoms with Crippen molar-refractivity contribution in [3.05, 3.63) is 35.6 Å². The van der Waals surface area contributed by atoms with Gasteiger partial charge in [-0.15, -0.1) is 0 Å². The van der Waals surface area contributed by atoms with E-state index in [-0.39, 0.29) is 5.82 Å². The molecule has 1 atom stereocenters. The lowest BCUT2D eigenvalue weighted by molar-refractivity contribution is 0.436. The van der Waals surface area contributed by atoms with Crippen molar-refractivity contribution in [2.75, 3.05) is 13.6 Å². The molecule has 1 rings (SSSR count). The van der Waals surface area contributed by atoms with Gasteiger partial charge >= 0.3 is 0 Å². The van der Waals surface area contributed by atoms with Crippen molar-refractivity contribution in [1.82, 2.24) is 5.32 Å². The minimum Gasteiger partial charge on any atom is -0.319 e. The maximum Gasteiger partial charge on any atom is 0.123 e. The minimum absolute atomic E-state index is 0.148. The van der Waals surface area contributed by atoms with Gasteiger partial charge in [0.15, 0.2) is 0 Å². The predicted molar refractivity (Wildman–Crippen MR) is 67.0 cm³/mol. The molecule has 0 aliphatic heterocycles. The summed E-state index contributed by atoms with van der Waals surface area (Å²) in [6, 6.07) is 6.85. The normalized spacial score (nSPS) is 12.7. The molecule has 1 aromatic carbocycles. The molecule has 0 aliphatic carbocycles. The molecule has 16 heavy (non-hydrogen) atoms. The second kappa shape index (κ2) is 7.39. The highest BCUT2D eigenvalue weighted by Crippen LogP contribution is 2.13. The van der Waals surface area contributed by atoms with Crippen molar-refractivity contribution in [2.45, 2.75) is 32.6 Å². The molecular formula is C14H22FN. The molecule has 0 heterocycles. The number of nitrogens with one attached hydrogen (secondary N) is 1. The quantitative estimate of drug-likeness (QED) is 0.747. The van der Waals surface area contributed by atoms with Crippen molar-refractivity contribution in [3.63, 3.8) is 0 Å². The Labute approximate surface area is 98.1 Å². The van der Waals surface area contributed by atoms with Crippen molar-refractivity contribution >= 4 is 0 Å². The number of rotatable bonds is 7. The first-order chi connectivity index (χ1) is 7.76. The van der Waals surface area contributed by atoms with Gasteiger partial charge in [-0.2, -0.15) is 0 Å². The highest BCUT2D eigenvalue weighted by atomic mass is 19.1. The molecule has 1 unspecified atom stereocenters. The zero-order valence-electron chi connectivity index (χ0n) is 10.3. The van der Waals surface area contributed by atoms with E-state index in [0.29, 0.717) is 0 Å². The lowest BCUT2D eigenvalue weighted by atomic mass is 9.97. The molecule has 0 amide bonds. The molecule has 90 valence electrons. The van der Waals surface area contributed by atoms with Gasteiger partial charge in [-0.05, 0) is 56.5 Å². The van der Waals surface area contributed by atoms with Crippen LogP contribution in [-0.2, 0) is 6.42 Å². The fourth-order valence-electron chi connectivity index (χ4n) is 1.99. The van der Waals surface area contributed by atoms with Crippen LogP contribution in [0.15, 0.2) is 24.3 Å². The summed E-state index contributed by atoms with van der Waals surface area (Å²) < 4.78 is 12.7. The molecule has 0 bridgehead atoms. The fourth-order valence-corrected chi connectivity index (χ4v) is 1.99. The molecule has 0 fully saturated rings. The van der Waals surface area contributed by atoms with Gasteiger partial charge in [0.25, 0.3) is 0 Å². The highest BCUT2D eigenvalue weighted by molar-refractivity contribution is 5.15. The molecule has 0 spiro atoms. The molecule has 1 aromatic rings. The van der Waals surface area contributed by atoms with Gasteiger partial charge < -0.3 is 5.32 Å². The summed E-state index contributed by atoms with van der Waals surface area (Å²) >= 11 is 0. The Balaban J connectivity index is 2.26. The van der Waals surface area contributed by atoms with E-state index in [0.717, 1.165) is 18.9 Å². The predicted octanol–water partition coefficient (Wildman–Crippen LogP) is 3.39. The third-order valence-electron chi connectivity index (χ3n) is 3.06. The summed E-state index contributed by atoms with van der Waals surface area (Å²) in [5.41, 5.74) is 1.24. The van der Waals surface area contributed by atoms with Crippen molar-refractivity contribution in [1.29, 1.82) is 0 Å². The van der Waals surface area contributed by atoms with Gasteiger partial charge in [-0.25, -0.2) is 4.39 Å². The van der Waals surface area contributed by atoms with Crippen molar-refractivity contribution in [2.24, 2.45) is 5.92 Å². The van der Waals surface area contributed by atoms with E-state index in [1.807, 2.05) is 19.2 Å². The Hall–Kier alpha value is -0.890. The van der Waals surface area contributed by atoms with Crippen LogP contribution >= 0.6 is 0 Å². The van der Waals surface area contributed by atoms with Crippen LogP contribution < -0.4 is 5.32 Å². The van der Waals surface area contributed by atoms with Crippen molar-refractivity contribution in [3.8, 4) is 0 Å². The van der Waals surface area contributed by atoms with Crippen LogP contribution in [0.1, 0.15) is 31.7 Å². The minimum atomic E-state index is -0.148. The Morgan fingerprint density at radius 2 is 1.94 bits per heavy atom. The van der Waals surface area contributed by atoms with E-state index in [1.165, 1.54) is 24.8 Å². The van der Waals surface area contributed by atoms with E-state index in [2.05, 4.69) is 12.2 Å². The molecule has 1 nitrogen and oxygen atoms in total. The monoisotopic (exact) mass is 223 g/mol. The van der Waals surface area contributed by atoms with Gasteiger partial charge in [0.1, 0.15) is 5.82 Å². The van der Waals surface area contributed by atoms with Gasteiger partial charge in [0, 0.05) is 0 Å². The van der Waals surface area contributed by atoms with Gasteiger partial charge in [0.05, 0.1) is 0 Å². The Morgan fingerprint density at radius 3 is 2.50 bits per heavy atom. The molecule has 2 heteroatoms. The van der Waals surface area contributed by atoms with Crippen LogP contribution in [-0.4, -0.2) is 13.6 Å². The first-order valence-electron chi connectivity index (χ1n) is 6.15. The summed E-state index contributed by atoms with van der Waals surface area (Å²) in [5.74, 6) is 0.621. The maximum absolute atomic E-state index is 12.7. The average molecular weight is 223 g/mol. The smallest absolute Gasteiger partial charge is 0.123 e. The lowest BCUT2D eigenvalue weighted by Gasteiger charge is -2.13. The molecule has 0 saturated carbocycles. The van der Waals surface area contributed by atoms with Crippen LogP contribution in [0, 0.1) is 11.7 Å². The summed E-state index contributed by atoms with van der Waals surface area (Å²) in [6.45, 7) is 3.33. The van der Waals surface area contributed by atoms with Gasteiger partial charge in [-0.1, -0.05) is 25.5 Å². The highest BCUT2D eigenvalue weighted by Gasteiger charge is 2.04. The third kappa shape index (κ3) is 4.75. The Morgan fingerprint density at radius 1 is 1.25 bits per heavy atom. The number of benzene rings is 1. The second-order valence-electron chi connectivity index (χ2n) is 4.35. The number of halogens is 1. The van der Waals surface area contributed by atoms with E-state index < -0.39 is 0 Å². The molecule has 0 aromatic heterocycles. The Kier molecular flexibility index (Phi) is 6.09. The summed E-state index contributed by atoms with van der Waals surface area (Å²) in [6.07, 6.45) is 4.71. The largest absolute Gasteiger partial charge is 0.319 e. The molecule has 0 aliphatic rings. The zero-order chi connectivity index (χ0) is 11.8. The summed E-state index contributed by atoms with van der Waals surface area (Å²) in [5, 5.41) is 3.23. The van der Waals surface area contributed by atoms with Crippen LogP contribution in [0.2, 0.25) is 0 Å². The SMILES string of the molecule is CCC(CCCc1ccc(F)cc1)CNC. The number of hydrogen-bond donors (Lipinski definition) is 1. The number of aryl methyl sites for hydroxylation is 1. The first-order valence-corrected chi connectivity index (χ1v) is 6.15. The molecular weight excluding hydrogens is 201 g/mol. The maximum atomic E-state index is 12.7. The number of hydrogen-bond acceptors (Lipinski definition) is 1. The van der Waals surface area contributed by atoms with E-state index in [1.54, 1.807) is 12.1 Å². The van der Waals surface area contributed by atoms with Gasteiger partial charge in [0.2, 0.25) is 0 Å². The molecule has 0 saturated heterocycles. The van der Waals surface area contributed by atoms with Crippen LogP contribution in [0.3, 0.4) is 0 Å². The van der Waals surface area contributed by atoms with Crippen LogP contribution in [0.25, 0.3) is 0 Å². The van der Waals surface area contributed by atoms with Gasteiger partial charge in [-0.3, -0.25) is 0 Å². The van der Waals surface area contributed by atoms with Crippen LogP contribution in [0.4, 0.5) is 4.39 Å².